The summed E-state index contributed by atoms with van der Waals surface area (Å²) < 4.78 is 4.85. The van der Waals surface area contributed by atoms with Gasteiger partial charge in [-0.25, -0.2) is 0 Å². The van der Waals surface area contributed by atoms with E-state index in [0.717, 1.165) is 0 Å². The van der Waals surface area contributed by atoms with Crippen LogP contribution in [0.2, 0.25) is 0 Å². The van der Waals surface area contributed by atoms with Crippen LogP contribution in [0.5, 0.6) is 0 Å². The Balaban J connectivity index is 3.62. The van der Waals surface area contributed by atoms with E-state index in [1.54, 1.807) is 7.11 Å². The van der Waals surface area contributed by atoms with Crippen molar-refractivity contribution in [1.82, 2.24) is 0 Å². The second-order valence-corrected chi connectivity index (χ2v) is 2.61. The molecule has 0 aromatic rings. The van der Waals surface area contributed by atoms with Gasteiger partial charge in [-0.05, 0) is 0 Å². The molecule has 0 aliphatic heterocycles. The van der Waals surface area contributed by atoms with Crippen LogP contribution < -0.4 is 5.73 Å². The molecule has 56 valence electrons. The van der Waals surface area contributed by atoms with Gasteiger partial charge in [-0.15, -0.1) is 0 Å². The average molecular weight is 133 g/mol. The van der Waals surface area contributed by atoms with E-state index in [9.17, 15) is 0 Å². The van der Waals surface area contributed by atoms with Crippen molar-refractivity contribution in [2.45, 2.75) is 6.92 Å². The Bertz CT molecular complexity index is 71.5. The van der Waals surface area contributed by atoms with Gasteiger partial charge in [-0.1, -0.05) is 6.92 Å². The van der Waals surface area contributed by atoms with E-state index in [0.29, 0.717) is 13.2 Å². The fraction of sp³-hybridized carbons (Fsp3) is 1.00. The first-order valence-corrected chi connectivity index (χ1v) is 2.98. The highest BCUT2D eigenvalue weighted by Gasteiger charge is 2.20. The molecule has 0 heterocycles. The Morgan fingerprint density at radius 1 is 1.67 bits per heavy atom. The van der Waals surface area contributed by atoms with Gasteiger partial charge in [0.25, 0.3) is 0 Å². The van der Waals surface area contributed by atoms with Crippen molar-refractivity contribution >= 4 is 0 Å². The smallest absolute Gasteiger partial charge is 0.0550 e. The topological polar surface area (TPSA) is 55.5 Å². The third-order valence-electron chi connectivity index (χ3n) is 1.37. The molecule has 0 saturated heterocycles. The van der Waals surface area contributed by atoms with Crippen molar-refractivity contribution in [3.8, 4) is 0 Å². The van der Waals surface area contributed by atoms with Crippen molar-refractivity contribution < 1.29 is 9.84 Å². The zero-order chi connectivity index (χ0) is 7.33. The third-order valence-corrected chi connectivity index (χ3v) is 1.37. The maximum Gasteiger partial charge on any atom is 0.0550 e. The molecule has 0 rings (SSSR count). The quantitative estimate of drug-likeness (QED) is 0.548. The molecule has 3 heteroatoms. The highest BCUT2D eigenvalue weighted by molar-refractivity contribution is 4.72. The Morgan fingerprint density at radius 2 is 2.22 bits per heavy atom. The minimum Gasteiger partial charge on any atom is -0.396 e. The number of nitrogens with two attached hydrogens (primary N) is 1. The molecule has 0 fully saturated rings. The van der Waals surface area contributed by atoms with Gasteiger partial charge in [-0.3, -0.25) is 0 Å². The lowest BCUT2D eigenvalue weighted by molar-refractivity contribution is 0.0486. The number of ether oxygens (including phenoxy) is 1. The summed E-state index contributed by atoms with van der Waals surface area (Å²) >= 11 is 0. The molecule has 0 amide bonds. The standard InChI is InChI=1S/C6H15NO2/c1-6(3-7,4-8)5-9-2/h8H,3-5,7H2,1-2H3/t6-/m1/s1. The zero-order valence-electron chi connectivity index (χ0n) is 6.05. The first-order chi connectivity index (χ1) is 4.18. The molecule has 0 aromatic heterocycles. The number of methoxy groups -OCH3 is 1. The summed E-state index contributed by atoms with van der Waals surface area (Å²) in [5.74, 6) is 0. The summed E-state index contributed by atoms with van der Waals surface area (Å²) in [4.78, 5) is 0. The van der Waals surface area contributed by atoms with Crippen molar-refractivity contribution in [2.24, 2.45) is 11.1 Å². The predicted molar refractivity (Wildman–Crippen MR) is 36.1 cm³/mol. The van der Waals surface area contributed by atoms with Crippen molar-refractivity contribution in [3.63, 3.8) is 0 Å². The van der Waals surface area contributed by atoms with Gasteiger partial charge < -0.3 is 15.6 Å². The van der Waals surface area contributed by atoms with Gasteiger partial charge in [0.2, 0.25) is 0 Å². The van der Waals surface area contributed by atoms with E-state index < -0.39 is 0 Å². The molecule has 0 aliphatic rings. The number of aliphatic hydroxyl groups is 1. The van der Waals surface area contributed by atoms with E-state index in [1.807, 2.05) is 6.92 Å². The van der Waals surface area contributed by atoms with Gasteiger partial charge in [-0.2, -0.15) is 0 Å². The number of aliphatic hydroxyl groups excluding tert-OH is 1. The Morgan fingerprint density at radius 3 is 2.33 bits per heavy atom. The Labute approximate surface area is 55.8 Å². The summed E-state index contributed by atoms with van der Waals surface area (Å²) in [6.07, 6.45) is 0. The first kappa shape index (κ1) is 8.88. The van der Waals surface area contributed by atoms with Crippen molar-refractivity contribution in [1.29, 1.82) is 0 Å². The van der Waals surface area contributed by atoms with Crippen LogP contribution in [0.3, 0.4) is 0 Å². The molecule has 0 spiro atoms. The summed E-state index contributed by atoms with van der Waals surface area (Å²) in [6.45, 7) is 2.94. The van der Waals surface area contributed by atoms with Gasteiger partial charge >= 0.3 is 0 Å². The van der Waals surface area contributed by atoms with Gasteiger partial charge in [0.15, 0.2) is 0 Å². The predicted octanol–water partition coefficient (Wildman–Crippen LogP) is -0.410. The molecule has 3 N–H and O–H groups in total. The highest BCUT2D eigenvalue weighted by atomic mass is 16.5. The second-order valence-electron chi connectivity index (χ2n) is 2.61. The number of hydrogen-bond donors (Lipinski definition) is 2. The molecule has 0 radical (unpaired) electrons. The Hall–Kier alpha value is -0.120. The third kappa shape index (κ3) is 2.79. The largest absolute Gasteiger partial charge is 0.396 e. The number of hydrogen-bond acceptors (Lipinski definition) is 3. The lowest BCUT2D eigenvalue weighted by Crippen LogP contribution is -2.35. The molecule has 0 unspecified atom stereocenters. The molecule has 9 heavy (non-hydrogen) atoms. The lowest BCUT2D eigenvalue weighted by Gasteiger charge is -2.23. The van der Waals surface area contributed by atoms with Gasteiger partial charge in [0.1, 0.15) is 0 Å². The fourth-order valence-corrected chi connectivity index (χ4v) is 0.518. The van der Waals surface area contributed by atoms with Gasteiger partial charge in [0, 0.05) is 19.1 Å². The molecule has 0 saturated carbocycles. The van der Waals surface area contributed by atoms with E-state index in [4.69, 9.17) is 15.6 Å². The van der Waals surface area contributed by atoms with Crippen LogP contribution >= 0.6 is 0 Å². The molecular formula is C6H15NO2. The van der Waals surface area contributed by atoms with Crippen LogP contribution in [0.1, 0.15) is 6.92 Å². The maximum atomic E-state index is 8.76. The molecule has 3 nitrogen and oxygen atoms in total. The number of rotatable bonds is 4. The van der Waals surface area contributed by atoms with Gasteiger partial charge in [0.05, 0.1) is 13.2 Å². The van der Waals surface area contributed by atoms with Crippen LogP contribution in [0.25, 0.3) is 0 Å². The van der Waals surface area contributed by atoms with E-state index >= 15 is 0 Å². The summed E-state index contributed by atoms with van der Waals surface area (Å²) in [5, 5.41) is 8.76. The summed E-state index contributed by atoms with van der Waals surface area (Å²) in [7, 11) is 1.60. The van der Waals surface area contributed by atoms with E-state index in [1.165, 1.54) is 0 Å². The first-order valence-electron chi connectivity index (χ1n) is 2.98. The normalized spacial score (nSPS) is 17.3. The van der Waals surface area contributed by atoms with E-state index in [2.05, 4.69) is 0 Å². The minimum atomic E-state index is -0.255. The highest BCUT2D eigenvalue weighted by Crippen LogP contribution is 2.11. The fourth-order valence-electron chi connectivity index (χ4n) is 0.518. The zero-order valence-corrected chi connectivity index (χ0v) is 6.05. The minimum absolute atomic E-state index is 0.0807. The SMILES string of the molecule is COC[C@](C)(CN)CO. The second kappa shape index (κ2) is 3.82. The van der Waals surface area contributed by atoms with E-state index in [-0.39, 0.29) is 12.0 Å². The molecule has 0 bridgehead atoms. The molecule has 0 aromatic carbocycles. The van der Waals surface area contributed by atoms with Crippen molar-refractivity contribution in [3.05, 3.63) is 0 Å². The molecule has 1 atom stereocenters. The molecular weight excluding hydrogens is 118 g/mol. The van der Waals surface area contributed by atoms with Crippen LogP contribution in [0, 0.1) is 5.41 Å². The molecule has 0 aliphatic carbocycles. The lowest BCUT2D eigenvalue weighted by atomic mass is 9.94. The summed E-state index contributed by atoms with van der Waals surface area (Å²) in [6, 6.07) is 0. The monoisotopic (exact) mass is 133 g/mol. The van der Waals surface area contributed by atoms with Crippen LogP contribution in [0.4, 0.5) is 0 Å². The van der Waals surface area contributed by atoms with Crippen LogP contribution in [-0.4, -0.2) is 32.0 Å². The Kier molecular flexibility index (Phi) is 3.77. The summed E-state index contributed by atoms with van der Waals surface area (Å²) in [5.41, 5.74) is 5.11. The average Bonchev–Trinajstić information content (AvgIpc) is 1.89. The van der Waals surface area contributed by atoms with Crippen LogP contribution in [-0.2, 0) is 4.74 Å². The van der Waals surface area contributed by atoms with Crippen molar-refractivity contribution in [2.75, 3.05) is 26.9 Å². The maximum absolute atomic E-state index is 8.76. The van der Waals surface area contributed by atoms with Crippen LogP contribution in [0.15, 0.2) is 0 Å².